The van der Waals surface area contributed by atoms with Gasteiger partial charge in [0.2, 0.25) is 0 Å². The molecule has 1 unspecified atom stereocenters. The van der Waals surface area contributed by atoms with E-state index in [2.05, 4.69) is 16.6 Å². The van der Waals surface area contributed by atoms with Gasteiger partial charge in [0.05, 0.1) is 13.2 Å². The van der Waals surface area contributed by atoms with Crippen molar-refractivity contribution in [1.29, 1.82) is 0 Å². The molecule has 5 heteroatoms. The van der Waals surface area contributed by atoms with Crippen molar-refractivity contribution < 1.29 is 19.7 Å². The Hall–Kier alpha value is -1.07. The Morgan fingerprint density at radius 3 is 2.85 bits per heavy atom. The van der Waals surface area contributed by atoms with E-state index >= 15 is 0 Å². The number of alkyl carbamates (subject to hydrolysis) is 1. The highest BCUT2D eigenvalue weighted by Gasteiger charge is 2.19. The molecule has 0 aromatic heterocycles. The first-order valence-electron chi connectivity index (χ1n) is 3.86. The summed E-state index contributed by atoms with van der Waals surface area (Å²) in [6.07, 6.45) is 0.789. The summed E-state index contributed by atoms with van der Waals surface area (Å²) >= 11 is 0. The monoisotopic (exact) mass is 189 g/mol. The van der Waals surface area contributed by atoms with Crippen molar-refractivity contribution in [3.05, 3.63) is 12.7 Å². The Bertz CT molecular complexity index is 179. The van der Waals surface area contributed by atoms with Crippen LogP contribution in [-0.2, 0) is 4.74 Å². The molecule has 0 aliphatic heterocycles. The lowest BCUT2D eigenvalue weighted by atomic mass is 10.1. The molecule has 1 amide bonds. The van der Waals surface area contributed by atoms with Gasteiger partial charge in [-0.25, -0.2) is 4.79 Å². The number of hydrogen-bond acceptors (Lipinski definition) is 4. The van der Waals surface area contributed by atoms with E-state index in [0.717, 1.165) is 0 Å². The van der Waals surface area contributed by atoms with Crippen molar-refractivity contribution >= 4 is 6.09 Å². The SMILES string of the molecule is C=CCOC(=O)NCC(C)(O)CO. The smallest absolute Gasteiger partial charge is 0.407 e. The van der Waals surface area contributed by atoms with E-state index in [1.54, 1.807) is 0 Å². The molecule has 1 atom stereocenters. The third-order valence-corrected chi connectivity index (χ3v) is 1.29. The van der Waals surface area contributed by atoms with Gasteiger partial charge in [0.15, 0.2) is 0 Å². The van der Waals surface area contributed by atoms with E-state index in [9.17, 15) is 9.90 Å². The highest BCUT2D eigenvalue weighted by atomic mass is 16.5. The van der Waals surface area contributed by atoms with Gasteiger partial charge >= 0.3 is 6.09 Å². The Morgan fingerprint density at radius 1 is 1.77 bits per heavy atom. The largest absolute Gasteiger partial charge is 0.445 e. The fourth-order valence-electron chi connectivity index (χ4n) is 0.504. The van der Waals surface area contributed by atoms with Crippen LogP contribution in [0.25, 0.3) is 0 Å². The summed E-state index contributed by atoms with van der Waals surface area (Å²) in [6.45, 7) is 4.41. The summed E-state index contributed by atoms with van der Waals surface area (Å²) in [6, 6.07) is 0. The van der Waals surface area contributed by atoms with Crippen LogP contribution in [0.5, 0.6) is 0 Å². The van der Waals surface area contributed by atoms with Gasteiger partial charge in [-0.3, -0.25) is 0 Å². The van der Waals surface area contributed by atoms with E-state index < -0.39 is 18.3 Å². The fourth-order valence-corrected chi connectivity index (χ4v) is 0.504. The summed E-state index contributed by atoms with van der Waals surface area (Å²) in [7, 11) is 0. The topological polar surface area (TPSA) is 78.8 Å². The second-order valence-corrected chi connectivity index (χ2v) is 2.90. The maximum Gasteiger partial charge on any atom is 0.407 e. The number of carbonyl (C=O) groups is 1. The van der Waals surface area contributed by atoms with Crippen LogP contribution >= 0.6 is 0 Å². The van der Waals surface area contributed by atoms with Crippen molar-refractivity contribution in [2.24, 2.45) is 0 Å². The molecule has 0 aliphatic rings. The molecule has 0 bridgehead atoms. The number of rotatable bonds is 5. The first-order chi connectivity index (χ1) is 6.02. The fraction of sp³-hybridized carbons (Fsp3) is 0.625. The average molecular weight is 189 g/mol. The molecule has 0 radical (unpaired) electrons. The molecule has 0 heterocycles. The van der Waals surface area contributed by atoms with Gasteiger partial charge in [0, 0.05) is 0 Å². The molecule has 5 nitrogen and oxygen atoms in total. The van der Waals surface area contributed by atoms with Crippen LogP contribution in [0.15, 0.2) is 12.7 Å². The van der Waals surface area contributed by atoms with E-state index in [1.165, 1.54) is 13.0 Å². The van der Waals surface area contributed by atoms with Crippen LogP contribution in [0.4, 0.5) is 4.79 Å². The Morgan fingerprint density at radius 2 is 2.38 bits per heavy atom. The van der Waals surface area contributed by atoms with Gasteiger partial charge in [-0.15, -0.1) is 0 Å². The molecule has 0 spiro atoms. The third kappa shape index (κ3) is 6.12. The van der Waals surface area contributed by atoms with Crippen LogP contribution in [0.1, 0.15) is 6.92 Å². The highest BCUT2D eigenvalue weighted by Crippen LogP contribution is 1.98. The van der Waals surface area contributed by atoms with Crippen LogP contribution in [-0.4, -0.2) is 41.7 Å². The highest BCUT2D eigenvalue weighted by molar-refractivity contribution is 5.67. The van der Waals surface area contributed by atoms with Crippen LogP contribution in [0, 0.1) is 0 Å². The number of amides is 1. The zero-order valence-electron chi connectivity index (χ0n) is 7.62. The van der Waals surface area contributed by atoms with Gasteiger partial charge in [0.25, 0.3) is 0 Å². The van der Waals surface area contributed by atoms with Crippen molar-refractivity contribution in [3.63, 3.8) is 0 Å². The van der Waals surface area contributed by atoms with Crippen LogP contribution in [0.3, 0.4) is 0 Å². The Balaban J connectivity index is 3.63. The molecule has 0 fully saturated rings. The molecule has 0 saturated carbocycles. The molecule has 13 heavy (non-hydrogen) atoms. The second-order valence-electron chi connectivity index (χ2n) is 2.90. The average Bonchev–Trinajstić information content (AvgIpc) is 2.11. The van der Waals surface area contributed by atoms with Gasteiger partial charge in [-0.2, -0.15) is 0 Å². The van der Waals surface area contributed by atoms with Crippen molar-refractivity contribution in [2.45, 2.75) is 12.5 Å². The van der Waals surface area contributed by atoms with Crippen LogP contribution < -0.4 is 5.32 Å². The summed E-state index contributed by atoms with van der Waals surface area (Å²) in [5.74, 6) is 0. The predicted octanol–water partition coefficient (Wildman–Crippen LogP) is -0.358. The maximum absolute atomic E-state index is 10.8. The maximum atomic E-state index is 10.8. The lowest BCUT2D eigenvalue weighted by molar-refractivity contribution is 0.00270. The standard InChI is InChI=1S/C8H15NO4/c1-3-4-13-7(11)9-5-8(2,12)6-10/h3,10,12H,1,4-6H2,2H3,(H,9,11). The summed E-state index contributed by atoms with van der Waals surface area (Å²) in [5, 5.41) is 20.2. The number of aliphatic hydroxyl groups excluding tert-OH is 1. The van der Waals surface area contributed by atoms with Gasteiger partial charge in [-0.05, 0) is 6.92 Å². The van der Waals surface area contributed by atoms with Crippen molar-refractivity contribution in [2.75, 3.05) is 19.8 Å². The number of ether oxygens (including phenoxy) is 1. The molecule has 76 valence electrons. The molecule has 3 N–H and O–H groups in total. The van der Waals surface area contributed by atoms with Crippen molar-refractivity contribution in [1.82, 2.24) is 5.32 Å². The van der Waals surface area contributed by atoms with Crippen LogP contribution in [0.2, 0.25) is 0 Å². The molecular formula is C8H15NO4. The van der Waals surface area contributed by atoms with Gasteiger partial charge < -0.3 is 20.3 Å². The molecule has 0 aliphatic carbocycles. The van der Waals surface area contributed by atoms with E-state index in [-0.39, 0.29) is 13.2 Å². The van der Waals surface area contributed by atoms with Gasteiger partial charge in [-0.1, -0.05) is 12.7 Å². The zero-order chi connectivity index (χ0) is 10.3. The number of aliphatic hydroxyl groups is 2. The first-order valence-corrected chi connectivity index (χ1v) is 3.86. The predicted molar refractivity (Wildman–Crippen MR) is 47.3 cm³/mol. The minimum Gasteiger partial charge on any atom is -0.445 e. The van der Waals surface area contributed by atoms with E-state index in [0.29, 0.717) is 0 Å². The summed E-state index contributed by atoms with van der Waals surface area (Å²) in [5.41, 5.74) is -1.31. The quantitative estimate of drug-likeness (QED) is 0.516. The first kappa shape index (κ1) is 11.9. The molecular weight excluding hydrogens is 174 g/mol. The lowest BCUT2D eigenvalue weighted by Gasteiger charge is -2.20. The molecule has 0 aromatic rings. The summed E-state index contributed by atoms with van der Waals surface area (Å²) in [4.78, 5) is 10.8. The van der Waals surface area contributed by atoms with E-state index in [1.807, 2.05) is 0 Å². The Labute approximate surface area is 77.0 Å². The van der Waals surface area contributed by atoms with Crippen molar-refractivity contribution in [3.8, 4) is 0 Å². The second kappa shape index (κ2) is 5.55. The Kier molecular flexibility index (Phi) is 5.10. The minimum atomic E-state index is -1.31. The normalized spacial score (nSPS) is 14.4. The zero-order valence-corrected chi connectivity index (χ0v) is 7.62. The molecule has 0 rings (SSSR count). The number of hydrogen-bond donors (Lipinski definition) is 3. The third-order valence-electron chi connectivity index (χ3n) is 1.29. The van der Waals surface area contributed by atoms with E-state index in [4.69, 9.17) is 5.11 Å². The minimum absolute atomic E-state index is 0.0561. The number of carbonyl (C=O) groups excluding carboxylic acids is 1. The lowest BCUT2D eigenvalue weighted by Crippen LogP contribution is -2.43. The molecule has 0 aromatic carbocycles. The van der Waals surface area contributed by atoms with Gasteiger partial charge in [0.1, 0.15) is 12.2 Å². The molecule has 0 saturated heterocycles. The number of nitrogens with one attached hydrogen (secondary N) is 1. The summed E-state index contributed by atoms with van der Waals surface area (Å²) < 4.78 is 4.57.